The lowest BCUT2D eigenvalue weighted by molar-refractivity contribution is -0.114. The van der Waals surface area contributed by atoms with Gasteiger partial charge in [-0.2, -0.15) is 0 Å². The molecule has 0 saturated heterocycles. The molecule has 0 aliphatic heterocycles. The predicted octanol–water partition coefficient (Wildman–Crippen LogP) is 2.07. The summed E-state index contributed by atoms with van der Waals surface area (Å²) in [6.07, 6.45) is 2.24. The number of aliphatic hydroxyl groups excluding tert-OH is 1. The van der Waals surface area contributed by atoms with Gasteiger partial charge in [0.15, 0.2) is 5.76 Å². The third kappa shape index (κ3) is 1.01. The van der Waals surface area contributed by atoms with E-state index in [0.717, 1.165) is 0 Å². The molecule has 3 heteroatoms. The smallest absolute Gasteiger partial charge is 0.224 e. The molecule has 1 aliphatic carbocycles. The summed E-state index contributed by atoms with van der Waals surface area (Å²) in [6, 6.07) is 0. The highest BCUT2D eigenvalue weighted by molar-refractivity contribution is 9.11. The summed E-state index contributed by atoms with van der Waals surface area (Å²) in [5.41, 5.74) is 0.657. The van der Waals surface area contributed by atoms with Crippen LogP contribution < -0.4 is 0 Å². The molecule has 10 heavy (non-hydrogen) atoms. The van der Waals surface area contributed by atoms with Crippen molar-refractivity contribution in [3.05, 3.63) is 21.9 Å². The van der Waals surface area contributed by atoms with Crippen LogP contribution in [0.3, 0.4) is 0 Å². The van der Waals surface area contributed by atoms with E-state index in [1.165, 1.54) is 0 Å². The van der Waals surface area contributed by atoms with Crippen molar-refractivity contribution in [2.75, 3.05) is 0 Å². The van der Waals surface area contributed by atoms with Gasteiger partial charge in [0.1, 0.15) is 0 Å². The van der Waals surface area contributed by atoms with Crippen LogP contribution in [-0.4, -0.2) is 10.9 Å². The van der Waals surface area contributed by atoms with Gasteiger partial charge in [-0.15, -0.1) is 0 Å². The Morgan fingerprint density at radius 2 is 2.30 bits per heavy atom. The lowest BCUT2D eigenvalue weighted by Gasteiger charge is -1.88. The number of allylic oxidation sites excluding steroid dienone is 3. The van der Waals surface area contributed by atoms with E-state index in [9.17, 15) is 4.79 Å². The molecule has 0 amide bonds. The fourth-order valence-electron chi connectivity index (χ4n) is 0.840. The third-order valence-corrected chi connectivity index (χ3v) is 2.11. The molecule has 0 unspecified atom stereocenters. The van der Waals surface area contributed by atoms with E-state index in [4.69, 9.17) is 5.11 Å². The molecule has 0 atom stereocenters. The number of carbonyl (C=O) groups is 1. The molecule has 0 fully saturated rings. The summed E-state index contributed by atoms with van der Waals surface area (Å²) < 4.78 is 0.589. The summed E-state index contributed by atoms with van der Waals surface area (Å²) in [4.78, 5) is 10.9. The van der Waals surface area contributed by atoms with Gasteiger partial charge in [-0.1, -0.05) is 22.0 Å². The number of ketones is 1. The van der Waals surface area contributed by atoms with Crippen molar-refractivity contribution in [2.45, 2.75) is 13.3 Å². The van der Waals surface area contributed by atoms with Crippen LogP contribution in [0.5, 0.6) is 0 Å². The lowest BCUT2D eigenvalue weighted by Crippen LogP contribution is -1.97. The maximum Gasteiger partial charge on any atom is 0.224 e. The van der Waals surface area contributed by atoms with Crippen molar-refractivity contribution in [2.24, 2.45) is 0 Å². The quantitative estimate of drug-likeness (QED) is 0.612. The van der Waals surface area contributed by atoms with Crippen LogP contribution in [0.4, 0.5) is 0 Å². The second-order valence-corrected chi connectivity index (χ2v) is 3.03. The fraction of sp³-hybridized carbons (Fsp3) is 0.286. The summed E-state index contributed by atoms with van der Waals surface area (Å²) in [5, 5.41) is 9.01. The van der Waals surface area contributed by atoms with E-state index in [2.05, 4.69) is 15.9 Å². The van der Waals surface area contributed by atoms with Gasteiger partial charge >= 0.3 is 0 Å². The Kier molecular flexibility index (Phi) is 1.94. The van der Waals surface area contributed by atoms with Crippen molar-refractivity contribution in [1.29, 1.82) is 0 Å². The number of Topliss-reactive ketones (excluding diaryl/α,β-unsaturated/α-hetero) is 1. The van der Waals surface area contributed by atoms with Gasteiger partial charge in [0, 0.05) is 16.5 Å². The Morgan fingerprint density at radius 3 is 2.50 bits per heavy atom. The minimum atomic E-state index is -0.255. The molecule has 2 nitrogen and oxygen atoms in total. The molecule has 1 rings (SSSR count). The van der Waals surface area contributed by atoms with Gasteiger partial charge in [-0.05, 0) is 6.92 Å². The number of rotatable bonds is 0. The fourth-order valence-corrected chi connectivity index (χ4v) is 1.32. The second kappa shape index (κ2) is 2.58. The Morgan fingerprint density at radius 1 is 1.70 bits per heavy atom. The number of carbonyl (C=O) groups excluding carboxylic acids is 1. The number of hydrogen-bond acceptors (Lipinski definition) is 2. The lowest BCUT2D eigenvalue weighted by atomic mass is 10.2. The van der Waals surface area contributed by atoms with Crippen molar-refractivity contribution in [1.82, 2.24) is 0 Å². The molecule has 0 radical (unpaired) electrons. The van der Waals surface area contributed by atoms with Gasteiger partial charge in [0.05, 0.1) is 0 Å². The van der Waals surface area contributed by atoms with Gasteiger partial charge in [0.25, 0.3) is 0 Å². The zero-order valence-corrected chi connectivity index (χ0v) is 7.10. The number of aliphatic hydroxyl groups is 1. The third-order valence-electron chi connectivity index (χ3n) is 1.46. The van der Waals surface area contributed by atoms with Crippen molar-refractivity contribution in [3.63, 3.8) is 0 Å². The van der Waals surface area contributed by atoms with Crippen LogP contribution in [0.15, 0.2) is 21.9 Å². The first kappa shape index (κ1) is 7.54. The highest BCUT2D eigenvalue weighted by Crippen LogP contribution is 2.29. The summed E-state index contributed by atoms with van der Waals surface area (Å²) in [6.45, 7) is 1.78. The minimum Gasteiger partial charge on any atom is -0.504 e. The van der Waals surface area contributed by atoms with E-state index < -0.39 is 0 Å². The molecule has 1 N–H and O–H groups in total. The van der Waals surface area contributed by atoms with Crippen molar-refractivity contribution < 1.29 is 9.90 Å². The molecule has 0 aromatic heterocycles. The van der Waals surface area contributed by atoms with Gasteiger partial charge in [-0.25, -0.2) is 0 Å². The van der Waals surface area contributed by atoms with E-state index in [1.54, 1.807) is 13.0 Å². The van der Waals surface area contributed by atoms with Crippen LogP contribution in [0.25, 0.3) is 0 Å². The molecule has 0 aromatic carbocycles. The molecule has 0 spiro atoms. The van der Waals surface area contributed by atoms with Crippen LogP contribution in [-0.2, 0) is 4.79 Å². The largest absolute Gasteiger partial charge is 0.504 e. The summed E-state index contributed by atoms with van der Waals surface area (Å²) >= 11 is 3.09. The molecule has 0 bridgehead atoms. The minimum absolute atomic E-state index is 0.145. The Bertz CT molecular complexity index is 238. The average Bonchev–Trinajstić information content (AvgIpc) is 2.17. The molecule has 54 valence electrons. The van der Waals surface area contributed by atoms with Crippen LogP contribution in [0, 0.1) is 0 Å². The van der Waals surface area contributed by atoms with E-state index in [1.807, 2.05) is 0 Å². The highest BCUT2D eigenvalue weighted by atomic mass is 79.9. The second-order valence-electron chi connectivity index (χ2n) is 2.07. The van der Waals surface area contributed by atoms with E-state index in [0.29, 0.717) is 16.5 Å². The zero-order chi connectivity index (χ0) is 7.72. The van der Waals surface area contributed by atoms with Crippen molar-refractivity contribution in [3.8, 4) is 0 Å². The summed E-state index contributed by atoms with van der Waals surface area (Å²) in [7, 11) is 0. The van der Waals surface area contributed by atoms with Crippen LogP contribution in [0.1, 0.15) is 13.3 Å². The number of halogens is 1. The highest BCUT2D eigenvalue weighted by Gasteiger charge is 2.24. The Labute approximate surface area is 67.4 Å². The topological polar surface area (TPSA) is 37.3 Å². The monoisotopic (exact) mass is 202 g/mol. The molecule has 0 saturated carbocycles. The standard InChI is InChI=1S/C7H7BrO2/c1-2-4-3-5(8)7(10)6(4)9/h2,10H,3H2,1H3/b4-2-. The normalized spacial score (nSPS) is 23.0. The maximum atomic E-state index is 10.9. The van der Waals surface area contributed by atoms with Gasteiger partial charge < -0.3 is 5.11 Å². The average molecular weight is 203 g/mol. The van der Waals surface area contributed by atoms with Crippen LogP contribution in [0.2, 0.25) is 0 Å². The first-order chi connectivity index (χ1) is 4.66. The van der Waals surface area contributed by atoms with Gasteiger partial charge in [-0.3, -0.25) is 4.79 Å². The van der Waals surface area contributed by atoms with Crippen LogP contribution >= 0.6 is 15.9 Å². The first-order valence-corrected chi connectivity index (χ1v) is 3.73. The molecular weight excluding hydrogens is 196 g/mol. The van der Waals surface area contributed by atoms with E-state index >= 15 is 0 Å². The molecular formula is C7H7BrO2. The molecule has 0 aromatic rings. The Hall–Kier alpha value is -0.570. The molecule has 0 heterocycles. The van der Waals surface area contributed by atoms with Crippen molar-refractivity contribution >= 4 is 21.7 Å². The first-order valence-electron chi connectivity index (χ1n) is 2.94. The SMILES string of the molecule is C/C=C1/CC(Br)=C(O)C1=O. The van der Waals surface area contributed by atoms with Gasteiger partial charge in [0.2, 0.25) is 5.78 Å². The number of hydrogen-bond donors (Lipinski definition) is 1. The zero-order valence-electron chi connectivity index (χ0n) is 5.52. The maximum absolute atomic E-state index is 10.9. The van der Waals surface area contributed by atoms with E-state index in [-0.39, 0.29) is 11.5 Å². The predicted molar refractivity (Wildman–Crippen MR) is 42.0 cm³/mol. The summed E-state index contributed by atoms with van der Waals surface area (Å²) in [5.74, 6) is -0.400. The Balaban J connectivity index is 2.98. The molecule has 1 aliphatic rings.